The Morgan fingerprint density at radius 2 is 1.80 bits per heavy atom. The topological polar surface area (TPSA) is 26.3 Å². The Balaban J connectivity index is 2.97. The Morgan fingerprint density at radius 3 is 2.20 bits per heavy atom. The van der Waals surface area contributed by atoms with Gasteiger partial charge in [0.15, 0.2) is 0 Å². The third-order valence-electron chi connectivity index (χ3n) is 2.17. The van der Waals surface area contributed by atoms with Gasteiger partial charge in [-0.1, -0.05) is 19.9 Å². The minimum absolute atomic E-state index is 0.536. The van der Waals surface area contributed by atoms with E-state index in [1.807, 2.05) is 18.1 Å². The summed E-state index contributed by atoms with van der Waals surface area (Å²) < 4.78 is 4.97. The molecule has 0 amide bonds. The second-order valence-electron chi connectivity index (χ2n) is 3.23. The summed E-state index contributed by atoms with van der Waals surface area (Å²) in [5.41, 5.74) is 2.29. The first kappa shape index (κ1) is 11.3. The van der Waals surface area contributed by atoms with E-state index in [0.29, 0.717) is 5.75 Å². The second-order valence-corrected chi connectivity index (χ2v) is 3.23. The number of ether oxygens (including phenoxy) is 1. The van der Waals surface area contributed by atoms with Gasteiger partial charge in [0.25, 0.3) is 0 Å². The minimum Gasteiger partial charge on any atom is -0.417 e. The van der Waals surface area contributed by atoms with E-state index in [2.05, 4.69) is 19.9 Å². The third-order valence-corrected chi connectivity index (χ3v) is 2.17. The van der Waals surface area contributed by atoms with Crippen molar-refractivity contribution in [3.63, 3.8) is 0 Å². The van der Waals surface area contributed by atoms with Crippen molar-refractivity contribution in [1.29, 1.82) is 0 Å². The number of carbonyl (C=O) groups is 1. The number of carbonyl (C=O) groups excluding carboxylic acids is 1. The highest BCUT2D eigenvalue weighted by Crippen LogP contribution is 2.18. The molecular weight excluding hydrogens is 188 g/mol. The fraction of sp³-hybridized carbons (Fsp3) is 0.308. The maximum Gasteiger partial charge on any atom is 0.389 e. The van der Waals surface area contributed by atoms with Gasteiger partial charge < -0.3 is 4.74 Å². The first-order valence-corrected chi connectivity index (χ1v) is 5.00. The first-order valence-electron chi connectivity index (χ1n) is 5.00. The molecule has 2 heteroatoms. The van der Waals surface area contributed by atoms with Crippen molar-refractivity contribution in [2.75, 3.05) is 0 Å². The number of aryl methyl sites for hydroxylation is 2. The summed E-state index contributed by atoms with van der Waals surface area (Å²) in [7, 11) is 0. The van der Waals surface area contributed by atoms with Gasteiger partial charge in [-0.15, -0.1) is 6.42 Å². The fourth-order valence-corrected chi connectivity index (χ4v) is 1.33. The van der Waals surface area contributed by atoms with Crippen LogP contribution in [0.1, 0.15) is 25.0 Å². The molecule has 1 aromatic carbocycles. The van der Waals surface area contributed by atoms with E-state index in [4.69, 9.17) is 11.2 Å². The van der Waals surface area contributed by atoms with Gasteiger partial charge >= 0.3 is 5.97 Å². The van der Waals surface area contributed by atoms with Crippen molar-refractivity contribution in [3.05, 3.63) is 29.3 Å². The molecule has 0 saturated carbocycles. The third kappa shape index (κ3) is 3.14. The normalized spacial score (nSPS) is 9.40. The SMILES string of the molecule is C#CC(=O)Oc1cc(CC)cc(CC)c1. The Labute approximate surface area is 90.3 Å². The number of benzene rings is 1. The largest absolute Gasteiger partial charge is 0.417 e. The summed E-state index contributed by atoms with van der Waals surface area (Å²) in [6.45, 7) is 4.11. The molecule has 1 aromatic rings. The molecular formula is C13H14O2. The van der Waals surface area contributed by atoms with Crippen molar-refractivity contribution in [3.8, 4) is 18.1 Å². The van der Waals surface area contributed by atoms with Gasteiger partial charge in [0.05, 0.1) is 0 Å². The lowest BCUT2D eigenvalue weighted by atomic mass is 10.1. The Hall–Kier alpha value is -1.75. The van der Waals surface area contributed by atoms with E-state index in [1.54, 1.807) is 0 Å². The summed E-state index contributed by atoms with van der Waals surface area (Å²) in [5.74, 6) is 1.82. The molecule has 0 aliphatic carbocycles. The van der Waals surface area contributed by atoms with Gasteiger partial charge in [0.1, 0.15) is 5.75 Å². The maximum atomic E-state index is 10.9. The van der Waals surface area contributed by atoms with Crippen LogP contribution in [0.25, 0.3) is 0 Å². The number of esters is 1. The zero-order chi connectivity index (χ0) is 11.3. The highest BCUT2D eigenvalue weighted by molar-refractivity contribution is 5.89. The van der Waals surface area contributed by atoms with E-state index in [-0.39, 0.29) is 0 Å². The van der Waals surface area contributed by atoms with E-state index in [1.165, 1.54) is 0 Å². The molecule has 0 saturated heterocycles. The quantitative estimate of drug-likeness (QED) is 0.325. The number of rotatable bonds is 3. The Kier molecular flexibility index (Phi) is 3.93. The van der Waals surface area contributed by atoms with Crippen molar-refractivity contribution >= 4 is 5.97 Å². The highest BCUT2D eigenvalue weighted by atomic mass is 16.5. The molecule has 15 heavy (non-hydrogen) atoms. The maximum absolute atomic E-state index is 10.9. The van der Waals surface area contributed by atoms with Crippen LogP contribution in [0.2, 0.25) is 0 Å². The molecule has 0 unspecified atom stereocenters. The van der Waals surface area contributed by atoms with Crippen LogP contribution in [0, 0.1) is 12.3 Å². The van der Waals surface area contributed by atoms with Gasteiger partial charge in [0, 0.05) is 5.92 Å². The summed E-state index contributed by atoms with van der Waals surface area (Å²) in [6, 6.07) is 5.79. The summed E-state index contributed by atoms with van der Waals surface area (Å²) in [6.07, 6.45) is 6.76. The van der Waals surface area contributed by atoms with Crippen LogP contribution in [0.5, 0.6) is 5.75 Å². The van der Waals surface area contributed by atoms with Crippen molar-refractivity contribution < 1.29 is 9.53 Å². The second kappa shape index (κ2) is 5.21. The number of hydrogen-bond donors (Lipinski definition) is 0. The molecule has 0 aromatic heterocycles. The van der Waals surface area contributed by atoms with Gasteiger partial charge in [0.2, 0.25) is 0 Å². The minimum atomic E-state index is -0.648. The molecule has 0 atom stereocenters. The average molecular weight is 202 g/mol. The van der Waals surface area contributed by atoms with Crippen molar-refractivity contribution in [2.24, 2.45) is 0 Å². The van der Waals surface area contributed by atoms with Crippen LogP contribution >= 0.6 is 0 Å². The lowest BCUT2D eigenvalue weighted by Crippen LogP contribution is -2.04. The molecule has 0 heterocycles. The lowest BCUT2D eigenvalue weighted by Gasteiger charge is -2.06. The van der Waals surface area contributed by atoms with Gasteiger partial charge in [-0.25, -0.2) is 4.79 Å². The van der Waals surface area contributed by atoms with Crippen molar-refractivity contribution in [1.82, 2.24) is 0 Å². The molecule has 0 N–H and O–H groups in total. The molecule has 0 bridgehead atoms. The van der Waals surface area contributed by atoms with Crippen LogP contribution in [-0.4, -0.2) is 5.97 Å². The smallest absolute Gasteiger partial charge is 0.389 e. The summed E-state index contributed by atoms with van der Waals surface area (Å²) >= 11 is 0. The molecule has 2 nitrogen and oxygen atoms in total. The lowest BCUT2D eigenvalue weighted by molar-refractivity contribution is -0.128. The predicted molar refractivity (Wildman–Crippen MR) is 59.7 cm³/mol. The van der Waals surface area contributed by atoms with Crippen LogP contribution in [0.4, 0.5) is 0 Å². The zero-order valence-corrected chi connectivity index (χ0v) is 9.04. The van der Waals surface area contributed by atoms with Crippen LogP contribution in [0.3, 0.4) is 0 Å². The molecule has 0 fully saturated rings. The zero-order valence-electron chi connectivity index (χ0n) is 9.04. The van der Waals surface area contributed by atoms with Crippen LogP contribution in [-0.2, 0) is 17.6 Å². The predicted octanol–water partition coefficient (Wildman–Crippen LogP) is 2.35. The number of hydrogen-bond acceptors (Lipinski definition) is 2. The molecule has 1 rings (SSSR count). The van der Waals surface area contributed by atoms with Gasteiger partial charge in [-0.3, -0.25) is 0 Å². The number of terminal acetylenes is 1. The monoisotopic (exact) mass is 202 g/mol. The standard InChI is InChI=1S/C13H14O2/c1-4-10-7-11(5-2)9-12(8-10)15-13(14)6-3/h3,7-9H,4-5H2,1-2H3. The summed E-state index contributed by atoms with van der Waals surface area (Å²) in [4.78, 5) is 10.9. The Bertz CT molecular complexity index is 377. The molecule has 0 spiro atoms. The van der Waals surface area contributed by atoms with Gasteiger partial charge in [-0.05, 0) is 36.1 Å². The van der Waals surface area contributed by atoms with E-state index >= 15 is 0 Å². The van der Waals surface area contributed by atoms with E-state index in [0.717, 1.165) is 24.0 Å². The van der Waals surface area contributed by atoms with E-state index in [9.17, 15) is 4.79 Å². The van der Waals surface area contributed by atoms with Gasteiger partial charge in [-0.2, -0.15) is 0 Å². The molecule has 78 valence electrons. The highest BCUT2D eigenvalue weighted by Gasteiger charge is 2.03. The molecule has 0 aliphatic rings. The Morgan fingerprint density at radius 1 is 1.27 bits per heavy atom. The average Bonchev–Trinajstić information content (AvgIpc) is 2.28. The fourth-order valence-electron chi connectivity index (χ4n) is 1.33. The summed E-state index contributed by atoms with van der Waals surface area (Å²) in [5, 5.41) is 0. The molecule has 0 aliphatic heterocycles. The van der Waals surface area contributed by atoms with Crippen molar-refractivity contribution in [2.45, 2.75) is 26.7 Å². The van der Waals surface area contributed by atoms with Crippen LogP contribution in [0.15, 0.2) is 18.2 Å². The van der Waals surface area contributed by atoms with Crippen LogP contribution < -0.4 is 4.74 Å². The molecule has 0 radical (unpaired) electrons. The van der Waals surface area contributed by atoms with E-state index < -0.39 is 5.97 Å². The first-order chi connectivity index (χ1) is 7.19.